The summed E-state index contributed by atoms with van der Waals surface area (Å²) in [5.74, 6) is -0.570. The van der Waals surface area contributed by atoms with Crippen molar-refractivity contribution in [3.63, 3.8) is 0 Å². The largest absolute Gasteiger partial charge is 0.457 e. The highest BCUT2D eigenvalue weighted by Gasteiger charge is 2.47. The first-order valence-corrected chi connectivity index (χ1v) is 9.04. The van der Waals surface area contributed by atoms with Gasteiger partial charge in [-0.25, -0.2) is 9.37 Å². The monoisotopic (exact) mass is 386 g/mol. The van der Waals surface area contributed by atoms with Crippen LogP contribution in [0.2, 0.25) is 0 Å². The molecule has 0 unspecified atom stereocenters. The van der Waals surface area contributed by atoms with Crippen LogP contribution in [0.3, 0.4) is 0 Å². The number of aryl methyl sites for hydroxylation is 1. The van der Waals surface area contributed by atoms with Gasteiger partial charge in [0.2, 0.25) is 0 Å². The number of rotatable bonds is 3. The van der Waals surface area contributed by atoms with Crippen LogP contribution in [-0.4, -0.2) is 24.2 Å². The van der Waals surface area contributed by atoms with Gasteiger partial charge in [-0.15, -0.1) is 0 Å². The minimum absolute atomic E-state index is 0.112. The van der Waals surface area contributed by atoms with Gasteiger partial charge in [0.05, 0.1) is 5.92 Å². The summed E-state index contributed by atoms with van der Waals surface area (Å²) in [6.07, 6.45) is -2.72. The Balaban J connectivity index is 0.000000855. The molecule has 0 bridgehead atoms. The molecule has 27 heavy (non-hydrogen) atoms. The van der Waals surface area contributed by atoms with Crippen LogP contribution in [0.5, 0.6) is 11.5 Å². The van der Waals surface area contributed by atoms with E-state index in [1.54, 1.807) is 31.2 Å². The van der Waals surface area contributed by atoms with Crippen LogP contribution in [0.1, 0.15) is 33.3 Å². The third-order valence-electron chi connectivity index (χ3n) is 3.76. The van der Waals surface area contributed by atoms with E-state index in [-0.39, 0.29) is 18.9 Å². The summed E-state index contributed by atoms with van der Waals surface area (Å²) in [4.78, 5) is 5.58. The predicted octanol–water partition coefficient (Wildman–Crippen LogP) is 6.37. The van der Waals surface area contributed by atoms with Gasteiger partial charge < -0.3 is 9.64 Å². The zero-order valence-corrected chi connectivity index (χ0v) is 16.3. The minimum Gasteiger partial charge on any atom is -0.457 e. The average Bonchev–Trinajstić information content (AvgIpc) is 2.60. The van der Waals surface area contributed by atoms with Crippen LogP contribution in [0.15, 0.2) is 36.5 Å². The number of pyridine rings is 1. The molecular formula is C20H26F4N2O. The molecule has 0 spiro atoms. The maximum Gasteiger partial charge on any atom is 0.395 e. The van der Waals surface area contributed by atoms with E-state index >= 15 is 0 Å². The number of anilines is 1. The molecule has 0 aliphatic carbocycles. The average molecular weight is 386 g/mol. The van der Waals surface area contributed by atoms with Crippen molar-refractivity contribution in [2.75, 3.05) is 18.0 Å². The van der Waals surface area contributed by atoms with Gasteiger partial charge in [-0.2, -0.15) is 13.2 Å². The van der Waals surface area contributed by atoms with Crippen LogP contribution in [0.4, 0.5) is 23.4 Å². The van der Waals surface area contributed by atoms with Crippen LogP contribution in [0.25, 0.3) is 0 Å². The summed E-state index contributed by atoms with van der Waals surface area (Å²) in [5.41, 5.74) is 0.506. The van der Waals surface area contributed by atoms with E-state index in [0.717, 1.165) is 0 Å². The summed E-state index contributed by atoms with van der Waals surface area (Å²) < 4.78 is 56.6. The number of halogens is 4. The van der Waals surface area contributed by atoms with Gasteiger partial charge in [0.15, 0.2) is 0 Å². The lowest BCUT2D eigenvalue weighted by Crippen LogP contribution is -2.53. The number of benzene rings is 1. The quantitative estimate of drug-likeness (QED) is 0.573. The number of nitrogens with zero attached hydrogens (tertiary/aromatic N) is 2. The molecule has 1 aliphatic rings. The summed E-state index contributed by atoms with van der Waals surface area (Å²) in [6.45, 7) is 9.42. The highest BCUT2D eigenvalue weighted by atomic mass is 19.4. The van der Waals surface area contributed by atoms with E-state index in [2.05, 4.69) is 4.98 Å². The molecular weight excluding hydrogens is 360 g/mol. The summed E-state index contributed by atoms with van der Waals surface area (Å²) in [5, 5.41) is 0. The van der Waals surface area contributed by atoms with Crippen molar-refractivity contribution in [1.29, 1.82) is 0 Å². The van der Waals surface area contributed by atoms with Crippen LogP contribution < -0.4 is 9.64 Å². The molecule has 0 saturated carbocycles. The fourth-order valence-electron chi connectivity index (χ4n) is 2.28. The highest BCUT2D eigenvalue weighted by Crippen LogP contribution is 2.36. The molecule has 1 aromatic heterocycles. The lowest BCUT2D eigenvalue weighted by molar-refractivity contribution is -0.180. The lowest BCUT2D eigenvalue weighted by atomic mass is 10.00. The number of ether oxygens (including phenoxy) is 1. The van der Waals surface area contributed by atoms with Crippen molar-refractivity contribution >= 4 is 5.82 Å². The zero-order valence-electron chi connectivity index (χ0n) is 16.3. The molecule has 7 heteroatoms. The first kappa shape index (κ1) is 22.7. The second-order valence-electron chi connectivity index (χ2n) is 5.51. The third-order valence-corrected chi connectivity index (χ3v) is 3.76. The Hall–Kier alpha value is -2.31. The maximum atomic E-state index is 13.5. The number of hydrogen-bond acceptors (Lipinski definition) is 3. The third kappa shape index (κ3) is 6.12. The number of alkyl halides is 3. The second-order valence-corrected chi connectivity index (χ2v) is 5.51. The molecule has 0 amide bonds. The van der Waals surface area contributed by atoms with Crippen molar-refractivity contribution < 1.29 is 22.3 Å². The smallest absolute Gasteiger partial charge is 0.395 e. The van der Waals surface area contributed by atoms with Crippen molar-refractivity contribution in [3.05, 3.63) is 47.9 Å². The Labute approximate surface area is 158 Å². The molecule has 2 aromatic rings. The van der Waals surface area contributed by atoms with E-state index < -0.39 is 12.1 Å². The van der Waals surface area contributed by atoms with Gasteiger partial charge in [-0.05, 0) is 24.6 Å². The Morgan fingerprint density at radius 1 is 1.00 bits per heavy atom. The first-order chi connectivity index (χ1) is 12.8. The Kier molecular flexibility index (Phi) is 8.53. The molecule has 3 rings (SSSR count). The topological polar surface area (TPSA) is 25.4 Å². The van der Waals surface area contributed by atoms with Crippen molar-refractivity contribution in [2.24, 2.45) is 5.92 Å². The SMILES string of the molecule is CC.CC.Cc1ccc(Oc2ccnc(N3CC(C(F)(F)F)C3)c2)cc1F. The normalized spacial score (nSPS) is 13.6. The zero-order chi connectivity index (χ0) is 20.6. The van der Waals surface area contributed by atoms with Gasteiger partial charge >= 0.3 is 6.18 Å². The summed E-state index contributed by atoms with van der Waals surface area (Å²) >= 11 is 0. The van der Waals surface area contributed by atoms with Crippen LogP contribution in [0, 0.1) is 18.7 Å². The van der Waals surface area contributed by atoms with Gasteiger partial charge in [0.25, 0.3) is 0 Å². The van der Waals surface area contributed by atoms with Gasteiger partial charge in [0.1, 0.15) is 23.1 Å². The molecule has 1 aliphatic heterocycles. The van der Waals surface area contributed by atoms with Crippen molar-refractivity contribution in [1.82, 2.24) is 4.98 Å². The van der Waals surface area contributed by atoms with Crippen molar-refractivity contribution in [2.45, 2.75) is 40.8 Å². The second kappa shape index (κ2) is 10.1. The molecule has 3 nitrogen and oxygen atoms in total. The lowest BCUT2D eigenvalue weighted by Gasteiger charge is -2.40. The van der Waals surface area contributed by atoms with E-state index in [4.69, 9.17) is 4.74 Å². The van der Waals surface area contributed by atoms with Crippen molar-refractivity contribution in [3.8, 4) is 11.5 Å². The van der Waals surface area contributed by atoms with Gasteiger partial charge in [-0.1, -0.05) is 33.8 Å². The molecule has 2 heterocycles. The molecule has 1 aromatic carbocycles. The Bertz CT molecular complexity index is 713. The summed E-state index contributed by atoms with van der Waals surface area (Å²) in [6, 6.07) is 7.60. The molecule has 0 radical (unpaired) electrons. The van der Waals surface area contributed by atoms with Gasteiger partial charge in [0, 0.05) is 31.4 Å². The highest BCUT2D eigenvalue weighted by molar-refractivity contribution is 5.47. The maximum absolute atomic E-state index is 13.5. The Morgan fingerprint density at radius 2 is 1.59 bits per heavy atom. The molecule has 150 valence electrons. The van der Waals surface area contributed by atoms with E-state index in [1.807, 2.05) is 27.7 Å². The fourth-order valence-corrected chi connectivity index (χ4v) is 2.28. The van der Waals surface area contributed by atoms with E-state index in [1.165, 1.54) is 17.2 Å². The van der Waals surface area contributed by atoms with Crippen LogP contribution in [-0.2, 0) is 0 Å². The Morgan fingerprint density at radius 3 is 2.15 bits per heavy atom. The number of hydrogen-bond donors (Lipinski definition) is 0. The predicted molar refractivity (Wildman–Crippen MR) is 99.9 cm³/mol. The molecule has 1 saturated heterocycles. The van der Waals surface area contributed by atoms with Crippen LogP contribution >= 0.6 is 0 Å². The standard InChI is InChI=1S/C16H14F4N2O.2C2H6/c1-10-2-3-12(6-14(10)17)23-13-4-5-21-15(7-13)22-8-11(9-22)16(18,19)20;2*1-2/h2-7,11H,8-9H2,1H3;2*1-2H3. The number of aromatic nitrogens is 1. The molecule has 1 fully saturated rings. The minimum atomic E-state index is -4.18. The van der Waals surface area contributed by atoms with E-state index in [0.29, 0.717) is 22.9 Å². The fraction of sp³-hybridized carbons (Fsp3) is 0.450. The van der Waals surface area contributed by atoms with E-state index in [9.17, 15) is 17.6 Å². The van der Waals surface area contributed by atoms with Gasteiger partial charge in [-0.3, -0.25) is 0 Å². The first-order valence-electron chi connectivity index (χ1n) is 9.04. The molecule has 0 N–H and O–H groups in total. The molecule has 0 atom stereocenters. The summed E-state index contributed by atoms with van der Waals surface area (Å²) in [7, 11) is 0.